The maximum Gasteiger partial charge on any atom is 0.306 e. The fourth-order valence-electron chi connectivity index (χ4n) is 7.11. The third-order valence-electron chi connectivity index (χ3n) is 10.7. The largest absolute Gasteiger partial charge is 0.462 e. The van der Waals surface area contributed by atoms with E-state index < -0.39 is 6.10 Å². The van der Waals surface area contributed by atoms with Crippen LogP contribution in [-0.2, 0) is 28.6 Å². The summed E-state index contributed by atoms with van der Waals surface area (Å²) in [6, 6.07) is 0. The molecule has 0 N–H and O–H groups in total. The van der Waals surface area contributed by atoms with Gasteiger partial charge < -0.3 is 14.2 Å². The van der Waals surface area contributed by atoms with Gasteiger partial charge in [-0.2, -0.15) is 0 Å². The van der Waals surface area contributed by atoms with Gasteiger partial charge in [-0.15, -0.1) is 0 Å². The third-order valence-corrected chi connectivity index (χ3v) is 10.7. The summed E-state index contributed by atoms with van der Waals surface area (Å²) in [5, 5.41) is 0. The number of esters is 3. The van der Waals surface area contributed by atoms with Crippen molar-refractivity contribution < 1.29 is 28.6 Å². The van der Waals surface area contributed by atoms with Crippen LogP contribution in [0.4, 0.5) is 0 Å². The van der Waals surface area contributed by atoms with Gasteiger partial charge in [-0.3, -0.25) is 14.4 Å². The lowest BCUT2D eigenvalue weighted by atomic mass is 10.0. The summed E-state index contributed by atoms with van der Waals surface area (Å²) in [6.07, 6.45) is 39.4. The summed E-state index contributed by atoms with van der Waals surface area (Å²) in [5.41, 5.74) is 0. The Kier molecular flexibility index (Phi) is 39.8. The Morgan fingerprint density at radius 3 is 0.907 bits per heavy atom. The number of hydrogen-bond acceptors (Lipinski definition) is 6. The number of ether oxygens (including phenoxy) is 3. The van der Waals surface area contributed by atoms with Crippen molar-refractivity contribution in [3.05, 3.63) is 0 Å². The molecular formula is C48H92O6. The summed E-state index contributed by atoms with van der Waals surface area (Å²) in [7, 11) is 0. The second kappa shape index (κ2) is 41.1. The van der Waals surface area contributed by atoms with Crippen LogP contribution in [0.1, 0.15) is 259 Å². The molecule has 320 valence electrons. The van der Waals surface area contributed by atoms with Crippen molar-refractivity contribution in [2.24, 2.45) is 11.8 Å². The first-order chi connectivity index (χ1) is 26.2. The molecule has 1 atom stereocenters. The Morgan fingerprint density at radius 1 is 0.352 bits per heavy atom. The maximum absolute atomic E-state index is 12.7. The lowest BCUT2D eigenvalue weighted by Crippen LogP contribution is -2.30. The van der Waals surface area contributed by atoms with Crippen LogP contribution in [0.15, 0.2) is 0 Å². The first-order valence-electron chi connectivity index (χ1n) is 23.7. The first kappa shape index (κ1) is 52.4. The third kappa shape index (κ3) is 41.6. The summed E-state index contributed by atoms with van der Waals surface area (Å²) in [6.45, 7) is 11.3. The van der Waals surface area contributed by atoms with Gasteiger partial charge in [-0.25, -0.2) is 0 Å². The Labute approximate surface area is 336 Å². The Morgan fingerprint density at radius 2 is 0.611 bits per heavy atom. The summed E-state index contributed by atoms with van der Waals surface area (Å²) < 4.78 is 16.7. The van der Waals surface area contributed by atoms with Crippen molar-refractivity contribution in [2.75, 3.05) is 13.2 Å². The van der Waals surface area contributed by atoms with E-state index in [1.165, 1.54) is 148 Å². The van der Waals surface area contributed by atoms with Crippen molar-refractivity contribution in [1.29, 1.82) is 0 Å². The molecule has 0 fully saturated rings. The molecule has 0 aliphatic heterocycles. The molecule has 0 heterocycles. The fraction of sp³-hybridized carbons (Fsp3) is 0.938. The maximum atomic E-state index is 12.7. The minimum atomic E-state index is -0.761. The highest BCUT2D eigenvalue weighted by Crippen LogP contribution is 2.17. The molecule has 0 amide bonds. The van der Waals surface area contributed by atoms with Crippen LogP contribution in [0.3, 0.4) is 0 Å². The molecule has 0 saturated heterocycles. The summed E-state index contributed by atoms with van der Waals surface area (Å²) in [5.74, 6) is 0.758. The molecule has 0 bridgehead atoms. The number of hydrogen-bond donors (Lipinski definition) is 0. The number of carbonyl (C=O) groups is 3. The van der Waals surface area contributed by atoms with E-state index in [9.17, 15) is 14.4 Å². The average molecular weight is 765 g/mol. The van der Waals surface area contributed by atoms with E-state index in [-0.39, 0.29) is 31.1 Å². The van der Waals surface area contributed by atoms with Gasteiger partial charge in [0.1, 0.15) is 13.2 Å². The van der Waals surface area contributed by atoms with Crippen LogP contribution < -0.4 is 0 Å². The minimum absolute atomic E-state index is 0.0647. The lowest BCUT2D eigenvalue weighted by Gasteiger charge is -2.18. The second-order valence-electron chi connectivity index (χ2n) is 17.3. The second-order valence-corrected chi connectivity index (χ2v) is 17.3. The highest BCUT2D eigenvalue weighted by Gasteiger charge is 2.19. The molecule has 0 unspecified atom stereocenters. The molecule has 0 aliphatic rings. The zero-order chi connectivity index (χ0) is 39.7. The molecule has 54 heavy (non-hydrogen) atoms. The van der Waals surface area contributed by atoms with Crippen LogP contribution in [0.2, 0.25) is 0 Å². The van der Waals surface area contributed by atoms with E-state index in [0.29, 0.717) is 19.3 Å². The molecule has 0 aromatic rings. The van der Waals surface area contributed by atoms with Gasteiger partial charge in [0.05, 0.1) is 0 Å². The van der Waals surface area contributed by atoms with Crippen molar-refractivity contribution in [1.82, 2.24) is 0 Å². The highest BCUT2D eigenvalue weighted by atomic mass is 16.6. The van der Waals surface area contributed by atoms with E-state index in [0.717, 1.165) is 69.6 Å². The lowest BCUT2D eigenvalue weighted by molar-refractivity contribution is -0.167. The van der Waals surface area contributed by atoms with E-state index in [1.807, 2.05) is 0 Å². The number of carbonyl (C=O) groups excluding carboxylic acids is 3. The smallest absolute Gasteiger partial charge is 0.306 e. The van der Waals surface area contributed by atoms with Gasteiger partial charge in [0.15, 0.2) is 6.10 Å². The standard InChI is InChI=1S/C48H92O6/c1-6-7-8-9-10-11-12-13-18-23-28-33-38-46(49)52-41-45(54-48(51)40-35-30-25-20-15-17-22-27-32-37-44(4)5)42-53-47(50)39-34-29-24-19-14-16-21-26-31-36-43(2)3/h43-45H,6-42H2,1-5H3/t45-/m1/s1. The molecule has 0 aromatic heterocycles. The topological polar surface area (TPSA) is 78.9 Å². The zero-order valence-electron chi connectivity index (χ0n) is 36.8. The van der Waals surface area contributed by atoms with Crippen molar-refractivity contribution in [2.45, 2.75) is 265 Å². The Bertz CT molecular complexity index is 824. The molecule has 0 spiro atoms. The van der Waals surface area contributed by atoms with Gasteiger partial charge in [-0.05, 0) is 31.1 Å². The van der Waals surface area contributed by atoms with Gasteiger partial charge in [0, 0.05) is 19.3 Å². The average Bonchev–Trinajstić information content (AvgIpc) is 3.14. The molecule has 0 saturated carbocycles. The SMILES string of the molecule is CCCCCCCCCCCCCCC(=O)OC[C@H](COC(=O)CCCCCCCCCCCC(C)C)OC(=O)CCCCCCCCCCCC(C)C. The summed E-state index contributed by atoms with van der Waals surface area (Å²) in [4.78, 5) is 37.8. The highest BCUT2D eigenvalue weighted by molar-refractivity contribution is 5.71. The monoisotopic (exact) mass is 765 g/mol. The molecule has 6 nitrogen and oxygen atoms in total. The van der Waals surface area contributed by atoms with Crippen molar-refractivity contribution in [3.63, 3.8) is 0 Å². The van der Waals surface area contributed by atoms with Gasteiger partial charge in [0.2, 0.25) is 0 Å². The summed E-state index contributed by atoms with van der Waals surface area (Å²) >= 11 is 0. The Hall–Kier alpha value is -1.59. The first-order valence-corrected chi connectivity index (χ1v) is 23.7. The van der Waals surface area contributed by atoms with E-state index >= 15 is 0 Å². The molecule has 0 radical (unpaired) electrons. The molecule has 0 aromatic carbocycles. The van der Waals surface area contributed by atoms with E-state index in [4.69, 9.17) is 14.2 Å². The minimum Gasteiger partial charge on any atom is -0.462 e. The van der Waals surface area contributed by atoms with Crippen LogP contribution in [0.5, 0.6) is 0 Å². The van der Waals surface area contributed by atoms with Gasteiger partial charge in [-0.1, -0.05) is 221 Å². The number of rotatable bonds is 42. The van der Waals surface area contributed by atoms with Crippen molar-refractivity contribution >= 4 is 17.9 Å². The van der Waals surface area contributed by atoms with Crippen LogP contribution >= 0.6 is 0 Å². The zero-order valence-corrected chi connectivity index (χ0v) is 36.8. The predicted molar refractivity (Wildman–Crippen MR) is 229 cm³/mol. The molecule has 0 aliphatic carbocycles. The number of unbranched alkanes of at least 4 members (excludes halogenated alkanes) is 27. The van der Waals surface area contributed by atoms with Crippen LogP contribution in [-0.4, -0.2) is 37.2 Å². The fourth-order valence-corrected chi connectivity index (χ4v) is 7.11. The normalized spacial score (nSPS) is 12.1. The van der Waals surface area contributed by atoms with E-state index in [2.05, 4.69) is 34.6 Å². The Balaban J connectivity index is 4.34. The van der Waals surface area contributed by atoms with Crippen LogP contribution in [0.25, 0.3) is 0 Å². The van der Waals surface area contributed by atoms with E-state index in [1.54, 1.807) is 0 Å². The molecular weight excluding hydrogens is 673 g/mol. The van der Waals surface area contributed by atoms with Gasteiger partial charge in [0.25, 0.3) is 0 Å². The van der Waals surface area contributed by atoms with Crippen molar-refractivity contribution in [3.8, 4) is 0 Å². The van der Waals surface area contributed by atoms with Gasteiger partial charge >= 0.3 is 17.9 Å². The molecule has 6 heteroatoms. The molecule has 0 rings (SSSR count). The van der Waals surface area contributed by atoms with Crippen LogP contribution in [0, 0.1) is 11.8 Å². The predicted octanol–water partition coefficient (Wildman–Crippen LogP) is 15.0. The quantitative estimate of drug-likeness (QED) is 0.0350.